The van der Waals surface area contributed by atoms with Gasteiger partial charge in [0.2, 0.25) is 0 Å². The maximum absolute atomic E-state index is 12.7. The molecule has 1 amide bonds. The van der Waals surface area contributed by atoms with Crippen molar-refractivity contribution < 1.29 is 40.7 Å². The Morgan fingerprint density at radius 3 is 2.12 bits per heavy atom. The van der Waals surface area contributed by atoms with Gasteiger partial charge in [0.1, 0.15) is 5.75 Å². The van der Waals surface area contributed by atoms with Crippen LogP contribution in [0, 0.1) is 0 Å². The molecular weight excluding hydrogens is 451 g/mol. The summed E-state index contributed by atoms with van der Waals surface area (Å²) in [6.45, 7) is -0.0432. The molecule has 0 heterocycles. The highest BCUT2D eigenvalue weighted by atomic mass is 32.2. The largest absolute Gasteiger partial charge is 0.496 e. The number of methoxy groups -OCH3 is 2. The standard InChI is InChI=1S/C21H22F3NO6S/c1-30-17-9-6-14(11-18(20(27)31-2)32(3,28)29)10-16(17)19(26)25-12-13-4-7-15(8-5-13)21(22,23)24/h4-10,18H,11-12H2,1-3H3,(H,25,26). The highest BCUT2D eigenvalue weighted by Gasteiger charge is 2.31. The molecule has 0 bridgehead atoms. The Kier molecular flexibility index (Phi) is 7.89. The molecule has 2 aromatic carbocycles. The molecule has 2 aromatic rings. The summed E-state index contributed by atoms with van der Waals surface area (Å²) in [7, 11) is -1.35. The molecule has 1 atom stereocenters. The predicted molar refractivity (Wildman–Crippen MR) is 110 cm³/mol. The SMILES string of the molecule is COC(=O)C(Cc1ccc(OC)c(C(=O)NCc2ccc(C(F)(F)F)cc2)c1)S(C)(=O)=O. The summed E-state index contributed by atoms with van der Waals surface area (Å²) in [5.74, 6) is -1.30. The number of hydrogen-bond donors (Lipinski definition) is 1. The van der Waals surface area contributed by atoms with E-state index >= 15 is 0 Å². The van der Waals surface area contributed by atoms with Crippen molar-refractivity contribution in [2.24, 2.45) is 0 Å². The third-order valence-corrected chi connectivity index (χ3v) is 6.04. The highest BCUT2D eigenvalue weighted by molar-refractivity contribution is 7.92. The van der Waals surface area contributed by atoms with E-state index in [1.54, 1.807) is 0 Å². The van der Waals surface area contributed by atoms with Crippen LogP contribution in [-0.4, -0.2) is 46.0 Å². The number of hydrogen-bond acceptors (Lipinski definition) is 6. The van der Waals surface area contributed by atoms with Crippen molar-refractivity contribution in [3.8, 4) is 5.75 Å². The van der Waals surface area contributed by atoms with Crippen LogP contribution >= 0.6 is 0 Å². The number of amides is 1. The van der Waals surface area contributed by atoms with Crippen LogP contribution in [-0.2, 0) is 38.5 Å². The summed E-state index contributed by atoms with van der Waals surface area (Å²) < 4.78 is 71.6. The zero-order valence-corrected chi connectivity index (χ0v) is 18.3. The molecule has 174 valence electrons. The Morgan fingerprint density at radius 2 is 1.62 bits per heavy atom. The van der Waals surface area contributed by atoms with Gasteiger partial charge in [-0.05, 0) is 41.8 Å². The zero-order chi connectivity index (χ0) is 24.1. The van der Waals surface area contributed by atoms with E-state index in [0.717, 1.165) is 25.5 Å². The van der Waals surface area contributed by atoms with Crippen molar-refractivity contribution in [2.45, 2.75) is 24.4 Å². The third-order valence-electron chi connectivity index (χ3n) is 4.64. The predicted octanol–water partition coefficient (Wildman–Crippen LogP) is 2.77. The van der Waals surface area contributed by atoms with E-state index in [9.17, 15) is 31.2 Å². The molecule has 11 heteroatoms. The lowest BCUT2D eigenvalue weighted by Crippen LogP contribution is -2.33. The Bertz CT molecular complexity index is 1080. The molecular formula is C21H22F3NO6S. The first-order valence-electron chi connectivity index (χ1n) is 9.24. The van der Waals surface area contributed by atoms with Gasteiger partial charge < -0.3 is 14.8 Å². The van der Waals surface area contributed by atoms with Crippen molar-refractivity contribution in [3.05, 3.63) is 64.7 Å². The lowest BCUT2D eigenvalue weighted by molar-refractivity contribution is -0.140. The molecule has 0 aliphatic rings. The summed E-state index contributed by atoms with van der Waals surface area (Å²) in [6.07, 6.45) is -3.76. The van der Waals surface area contributed by atoms with Gasteiger partial charge in [0.15, 0.2) is 15.1 Å². The number of esters is 1. The summed E-state index contributed by atoms with van der Waals surface area (Å²) >= 11 is 0. The number of ether oxygens (including phenoxy) is 2. The van der Waals surface area contributed by atoms with Gasteiger partial charge in [0, 0.05) is 12.8 Å². The Labute approximate surface area is 183 Å². The summed E-state index contributed by atoms with van der Waals surface area (Å²) in [5, 5.41) is 1.14. The second kappa shape index (κ2) is 10.0. The molecule has 0 saturated heterocycles. The molecule has 0 fully saturated rings. The van der Waals surface area contributed by atoms with E-state index < -0.39 is 38.7 Å². The summed E-state index contributed by atoms with van der Waals surface area (Å²) in [5.41, 5.74) is 0.109. The maximum Gasteiger partial charge on any atom is 0.416 e. The summed E-state index contributed by atoms with van der Waals surface area (Å²) in [6, 6.07) is 8.71. The average Bonchev–Trinajstić information content (AvgIpc) is 2.74. The number of benzene rings is 2. The number of alkyl halides is 3. The van der Waals surface area contributed by atoms with Crippen molar-refractivity contribution in [3.63, 3.8) is 0 Å². The van der Waals surface area contributed by atoms with Gasteiger partial charge >= 0.3 is 12.1 Å². The van der Waals surface area contributed by atoms with Crippen LogP contribution in [0.15, 0.2) is 42.5 Å². The number of halogens is 3. The average molecular weight is 473 g/mol. The monoisotopic (exact) mass is 473 g/mol. The fourth-order valence-corrected chi connectivity index (χ4v) is 3.84. The van der Waals surface area contributed by atoms with Crippen LogP contribution in [0.4, 0.5) is 13.2 Å². The summed E-state index contributed by atoms with van der Waals surface area (Å²) in [4.78, 5) is 24.5. The van der Waals surface area contributed by atoms with Crippen LogP contribution < -0.4 is 10.1 Å². The van der Waals surface area contributed by atoms with E-state index in [-0.39, 0.29) is 24.3 Å². The van der Waals surface area contributed by atoms with Gasteiger partial charge in [-0.1, -0.05) is 18.2 Å². The molecule has 0 radical (unpaired) electrons. The number of carbonyl (C=O) groups excluding carboxylic acids is 2. The van der Waals surface area contributed by atoms with Crippen LogP contribution in [0.25, 0.3) is 0 Å². The van der Waals surface area contributed by atoms with E-state index in [1.807, 2.05) is 0 Å². The fraction of sp³-hybridized carbons (Fsp3) is 0.333. The first kappa shape index (κ1) is 25.2. The van der Waals surface area contributed by atoms with Crippen LogP contribution in [0.2, 0.25) is 0 Å². The van der Waals surface area contributed by atoms with Crippen LogP contribution in [0.3, 0.4) is 0 Å². The van der Waals surface area contributed by atoms with E-state index in [0.29, 0.717) is 11.1 Å². The second-order valence-corrected chi connectivity index (χ2v) is 9.19. The molecule has 32 heavy (non-hydrogen) atoms. The minimum atomic E-state index is -4.45. The minimum Gasteiger partial charge on any atom is -0.496 e. The van der Waals surface area contributed by atoms with Crippen molar-refractivity contribution in [1.29, 1.82) is 0 Å². The molecule has 1 N–H and O–H groups in total. The first-order chi connectivity index (χ1) is 14.9. The van der Waals surface area contributed by atoms with Crippen LogP contribution in [0.5, 0.6) is 5.75 Å². The Balaban J connectivity index is 2.21. The van der Waals surface area contributed by atoms with Gasteiger partial charge in [0.25, 0.3) is 5.91 Å². The quantitative estimate of drug-likeness (QED) is 0.592. The van der Waals surface area contributed by atoms with E-state index in [1.165, 1.54) is 37.4 Å². The minimum absolute atomic E-state index is 0.0432. The van der Waals surface area contributed by atoms with Crippen molar-refractivity contribution in [1.82, 2.24) is 5.32 Å². The van der Waals surface area contributed by atoms with E-state index in [4.69, 9.17) is 4.74 Å². The molecule has 1 unspecified atom stereocenters. The second-order valence-electron chi connectivity index (χ2n) is 6.96. The number of sulfone groups is 1. The van der Waals surface area contributed by atoms with Gasteiger partial charge in [-0.2, -0.15) is 13.2 Å². The van der Waals surface area contributed by atoms with Crippen LogP contribution in [0.1, 0.15) is 27.0 Å². The third kappa shape index (κ3) is 6.46. The highest BCUT2D eigenvalue weighted by Crippen LogP contribution is 2.29. The molecule has 0 aliphatic heterocycles. The Morgan fingerprint density at radius 1 is 1.03 bits per heavy atom. The van der Waals surface area contributed by atoms with Crippen molar-refractivity contribution >= 4 is 21.7 Å². The molecule has 0 aliphatic carbocycles. The maximum atomic E-state index is 12.7. The van der Waals surface area contributed by atoms with Gasteiger partial charge in [-0.3, -0.25) is 9.59 Å². The van der Waals surface area contributed by atoms with Crippen molar-refractivity contribution in [2.75, 3.05) is 20.5 Å². The van der Waals surface area contributed by atoms with Gasteiger partial charge in [-0.15, -0.1) is 0 Å². The molecule has 2 rings (SSSR count). The lowest BCUT2D eigenvalue weighted by atomic mass is 10.0. The molecule has 0 aromatic heterocycles. The number of rotatable bonds is 8. The van der Waals surface area contributed by atoms with Gasteiger partial charge in [-0.25, -0.2) is 8.42 Å². The molecule has 7 nitrogen and oxygen atoms in total. The number of carbonyl (C=O) groups is 2. The smallest absolute Gasteiger partial charge is 0.416 e. The molecule has 0 spiro atoms. The lowest BCUT2D eigenvalue weighted by Gasteiger charge is -2.15. The van der Waals surface area contributed by atoms with E-state index in [2.05, 4.69) is 10.1 Å². The normalized spacial score (nSPS) is 12.7. The first-order valence-corrected chi connectivity index (χ1v) is 11.2. The zero-order valence-electron chi connectivity index (χ0n) is 17.5. The van der Waals surface area contributed by atoms with Gasteiger partial charge in [0.05, 0.1) is 25.3 Å². The number of nitrogens with one attached hydrogen (secondary N) is 1. The molecule has 0 saturated carbocycles. The Hall–Kier alpha value is -3.08. The fourth-order valence-electron chi connectivity index (χ4n) is 2.90. The topological polar surface area (TPSA) is 98.8 Å².